The summed E-state index contributed by atoms with van der Waals surface area (Å²) in [5.41, 5.74) is 3.43. The van der Waals surface area contributed by atoms with E-state index in [-0.39, 0.29) is 17.3 Å². The Hall–Kier alpha value is -3.09. The summed E-state index contributed by atoms with van der Waals surface area (Å²) in [6.45, 7) is 2.31. The Bertz CT molecular complexity index is 1260. The van der Waals surface area contributed by atoms with E-state index in [9.17, 15) is 9.59 Å². The lowest BCUT2D eigenvalue weighted by atomic mass is 9.89. The first-order valence-electron chi connectivity index (χ1n) is 10.6. The number of benzene rings is 2. The van der Waals surface area contributed by atoms with E-state index in [2.05, 4.69) is 4.90 Å². The van der Waals surface area contributed by atoms with Gasteiger partial charge in [-0.05, 0) is 31.5 Å². The van der Waals surface area contributed by atoms with Crippen molar-refractivity contribution in [3.8, 4) is 11.3 Å². The number of piperidine rings is 1. The molecule has 0 aliphatic carbocycles. The molecule has 3 heterocycles. The van der Waals surface area contributed by atoms with Gasteiger partial charge in [0.15, 0.2) is 10.7 Å². The minimum absolute atomic E-state index is 0.0470. The molecule has 1 aliphatic heterocycles. The number of fused-ring (bicyclic) bond motifs is 1. The Labute approximate surface area is 184 Å². The predicted molar refractivity (Wildman–Crippen MR) is 124 cm³/mol. The molecule has 2 aromatic heterocycles. The maximum atomic E-state index is 12.9. The molecule has 0 saturated carbocycles. The van der Waals surface area contributed by atoms with Crippen molar-refractivity contribution in [2.24, 2.45) is 5.92 Å². The van der Waals surface area contributed by atoms with Crippen molar-refractivity contribution >= 4 is 22.1 Å². The summed E-state index contributed by atoms with van der Waals surface area (Å²) in [5, 5.41) is 1.99. The molecule has 0 spiro atoms. The van der Waals surface area contributed by atoms with Gasteiger partial charge in [-0.3, -0.25) is 18.9 Å². The maximum absolute atomic E-state index is 12.9. The number of carbonyl (C=O) groups is 1. The lowest BCUT2D eigenvalue weighted by Crippen LogP contribution is -2.36. The number of carbonyl (C=O) groups excluding carboxylic acids is 1. The lowest BCUT2D eigenvalue weighted by molar-refractivity contribution is 0.0834. The fraction of sp³-hybridized carbons (Fsp3) is 0.240. The molecule has 0 N–H and O–H groups in total. The highest BCUT2D eigenvalue weighted by molar-refractivity contribution is 7.15. The SMILES string of the molecule is O=C(c1ccccc1)C1CCN(Cc2cc(=O)n3c(-c4ccccc4)csc3n2)CC1. The number of hydrogen-bond donors (Lipinski definition) is 0. The minimum atomic E-state index is -0.0470. The smallest absolute Gasteiger partial charge is 0.259 e. The van der Waals surface area contributed by atoms with Crippen molar-refractivity contribution in [3.05, 3.63) is 93.7 Å². The average Bonchev–Trinajstić information content (AvgIpc) is 3.25. The van der Waals surface area contributed by atoms with Crippen LogP contribution in [0.5, 0.6) is 0 Å². The first-order chi connectivity index (χ1) is 15.2. The number of ketones is 1. The van der Waals surface area contributed by atoms with Crippen molar-refractivity contribution < 1.29 is 4.79 Å². The Morgan fingerprint density at radius 1 is 1.00 bits per heavy atom. The van der Waals surface area contributed by atoms with Crippen LogP contribution in [0.3, 0.4) is 0 Å². The molecule has 0 bridgehead atoms. The van der Waals surface area contributed by atoms with Gasteiger partial charge in [-0.15, -0.1) is 11.3 Å². The molecule has 5 nitrogen and oxygen atoms in total. The Kier molecular flexibility index (Phi) is 5.49. The lowest BCUT2D eigenvalue weighted by Gasteiger charge is -2.31. The van der Waals surface area contributed by atoms with E-state index in [1.54, 1.807) is 10.5 Å². The fourth-order valence-electron chi connectivity index (χ4n) is 4.28. The summed E-state index contributed by atoms with van der Waals surface area (Å²) in [4.78, 5) is 33.3. The van der Waals surface area contributed by atoms with E-state index in [4.69, 9.17) is 4.98 Å². The van der Waals surface area contributed by atoms with Crippen LogP contribution in [0.2, 0.25) is 0 Å². The number of Topliss-reactive ketones (excluding diaryl/α,β-unsaturated/α-hetero) is 1. The summed E-state index contributed by atoms with van der Waals surface area (Å²) < 4.78 is 1.69. The van der Waals surface area contributed by atoms with E-state index >= 15 is 0 Å². The summed E-state index contributed by atoms with van der Waals surface area (Å²) in [6.07, 6.45) is 1.68. The molecule has 1 aliphatic rings. The second-order valence-corrected chi connectivity index (χ2v) is 8.81. The Morgan fingerprint density at radius 2 is 1.68 bits per heavy atom. The van der Waals surface area contributed by atoms with Gasteiger partial charge >= 0.3 is 0 Å². The fourth-order valence-corrected chi connectivity index (χ4v) is 5.20. The standard InChI is InChI=1S/C25H23N3O2S/c29-23-15-21(26-25-28(23)22(17-31-25)18-7-3-1-4-8-18)16-27-13-11-20(12-14-27)24(30)19-9-5-2-6-10-19/h1-10,15,17,20H,11-14,16H2. The summed E-state index contributed by atoms with van der Waals surface area (Å²) in [6, 6.07) is 21.1. The minimum Gasteiger partial charge on any atom is -0.297 e. The van der Waals surface area contributed by atoms with E-state index in [0.717, 1.165) is 53.4 Å². The normalized spacial score (nSPS) is 15.4. The van der Waals surface area contributed by atoms with Crippen LogP contribution in [0.4, 0.5) is 0 Å². The molecule has 0 unspecified atom stereocenters. The molecule has 4 aromatic rings. The molecule has 1 saturated heterocycles. The quantitative estimate of drug-likeness (QED) is 0.438. The van der Waals surface area contributed by atoms with E-state index in [0.29, 0.717) is 6.54 Å². The highest BCUT2D eigenvalue weighted by Gasteiger charge is 2.26. The highest BCUT2D eigenvalue weighted by atomic mass is 32.1. The van der Waals surface area contributed by atoms with Crippen molar-refractivity contribution in [1.82, 2.24) is 14.3 Å². The van der Waals surface area contributed by atoms with Gasteiger partial charge in [-0.2, -0.15) is 0 Å². The summed E-state index contributed by atoms with van der Waals surface area (Å²) in [5.74, 6) is 0.315. The second kappa shape index (κ2) is 8.57. The zero-order chi connectivity index (χ0) is 21.2. The van der Waals surface area contributed by atoms with Crippen molar-refractivity contribution in [2.75, 3.05) is 13.1 Å². The molecule has 5 rings (SSSR count). The predicted octanol–water partition coefficient (Wildman–Crippen LogP) is 4.52. The van der Waals surface area contributed by atoms with Crippen LogP contribution in [-0.4, -0.2) is 33.2 Å². The molecule has 0 radical (unpaired) electrons. The van der Waals surface area contributed by atoms with Crippen LogP contribution in [0, 0.1) is 5.92 Å². The van der Waals surface area contributed by atoms with Gasteiger partial charge in [0.25, 0.3) is 5.56 Å². The van der Waals surface area contributed by atoms with Gasteiger partial charge in [-0.1, -0.05) is 60.7 Å². The Morgan fingerprint density at radius 3 is 2.39 bits per heavy atom. The van der Waals surface area contributed by atoms with Gasteiger partial charge in [0, 0.05) is 29.5 Å². The average molecular weight is 430 g/mol. The monoisotopic (exact) mass is 429 g/mol. The van der Waals surface area contributed by atoms with Gasteiger partial charge in [0.05, 0.1) is 11.4 Å². The van der Waals surface area contributed by atoms with Crippen molar-refractivity contribution in [2.45, 2.75) is 19.4 Å². The molecule has 0 amide bonds. The van der Waals surface area contributed by atoms with Crippen LogP contribution < -0.4 is 5.56 Å². The van der Waals surface area contributed by atoms with Crippen molar-refractivity contribution in [3.63, 3.8) is 0 Å². The van der Waals surface area contributed by atoms with E-state index in [1.807, 2.05) is 66.0 Å². The number of nitrogens with zero attached hydrogens (tertiary/aromatic N) is 3. The van der Waals surface area contributed by atoms with Crippen LogP contribution >= 0.6 is 11.3 Å². The summed E-state index contributed by atoms with van der Waals surface area (Å²) >= 11 is 1.49. The molecular weight excluding hydrogens is 406 g/mol. The molecule has 1 fully saturated rings. The largest absolute Gasteiger partial charge is 0.297 e. The number of likely N-dealkylation sites (tertiary alicyclic amines) is 1. The number of aromatic nitrogens is 2. The van der Waals surface area contributed by atoms with Gasteiger partial charge in [0.2, 0.25) is 0 Å². The van der Waals surface area contributed by atoms with E-state index in [1.165, 1.54) is 11.3 Å². The molecule has 156 valence electrons. The number of rotatable bonds is 5. The molecule has 31 heavy (non-hydrogen) atoms. The third-order valence-corrected chi connectivity index (χ3v) is 6.76. The maximum Gasteiger partial charge on any atom is 0.259 e. The third-order valence-electron chi connectivity index (χ3n) is 5.93. The molecular formula is C25H23N3O2S. The van der Waals surface area contributed by atoms with Gasteiger partial charge in [-0.25, -0.2) is 4.98 Å². The third kappa shape index (κ3) is 4.09. The Balaban J connectivity index is 1.29. The first kappa shape index (κ1) is 19.8. The molecule has 2 aromatic carbocycles. The van der Waals surface area contributed by atoms with E-state index < -0.39 is 0 Å². The van der Waals surface area contributed by atoms with Gasteiger partial charge < -0.3 is 0 Å². The van der Waals surface area contributed by atoms with Crippen LogP contribution in [0.15, 0.2) is 76.9 Å². The highest BCUT2D eigenvalue weighted by Crippen LogP contribution is 2.25. The zero-order valence-electron chi connectivity index (χ0n) is 17.1. The first-order valence-corrected chi connectivity index (χ1v) is 11.4. The van der Waals surface area contributed by atoms with Crippen molar-refractivity contribution in [1.29, 1.82) is 0 Å². The second-order valence-electron chi connectivity index (χ2n) is 7.97. The molecule has 0 atom stereocenters. The summed E-state index contributed by atoms with van der Waals surface area (Å²) in [7, 11) is 0. The van der Waals surface area contributed by atoms with Gasteiger partial charge in [0.1, 0.15) is 0 Å². The number of thiazole rings is 1. The van der Waals surface area contributed by atoms with Crippen LogP contribution in [0.1, 0.15) is 28.9 Å². The topological polar surface area (TPSA) is 54.7 Å². The van der Waals surface area contributed by atoms with Crippen LogP contribution in [0.25, 0.3) is 16.2 Å². The van der Waals surface area contributed by atoms with Crippen LogP contribution in [-0.2, 0) is 6.54 Å². The number of hydrogen-bond acceptors (Lipinski definition) is 5. The zero-order valence-corrected chi connectivity index (χ0v) is 17.9. The molecule has 6 heteroatoms.